The zero-order valence-corrected chi connectivity index (χ0v) is 19.4. The number of rotatable bonds is 6. The molecule has 2 heterocycles. The monoisotopic (exact) mass is 442 g/mol. The van der Waals surface area contributed by atoms with Crippen molar-refractivity contribution in [1.82, 2.24) is 15.0 Å². The zero-order chi connectivity index (χ0) is 22.5. The van der Waals surface area contributed by atoms with Crippen LogP contribution in [0.4, 0.5) is 10.5 Å². The van der Waals surface area contributed by atoms with Crippen LogP contribution in [0.3, 0.4) is 0 Å². The number of hydrogen-bond acceptors (Lipinski definition) is 6. The van der Waals surface area contributed by atoms with Crippen molar-refractivity contribution in [3.63, 3.8) is 0 Å². The number of benzene rings is 1. The van der Waals surface area contributed by atoms with Gasteiger partial charge in [-0.05, 0) is 58.1 Å². The lowest BCUT2D eigenvalue weighted by molar-refractivity contribution is 0.201. The molecular weight excluding hydrogens is 408 g/mol. The molecule has 2 amide bonds. The van der Waals surface area contributed by atoms with Gasteiger partial charge in [0, 0.05) is 50.0 Å². The Hall–Kier alpha value is -2.74. The van der Waals surface area contributed by atoms with Crippen LogP contribution in [0.15, 0.2) is 22.7 Å². The van der Waals surface area contributed by atoms with Crippen LogP contribution < -0.4 is 14.8 Å². The van der Waals surface area contributed by atoms with E-state index in [0.717, 1.165) is 68.1 Å². The van der Waals surface area contributed by atoms with Gasteiger partial charge in [0.1, 0.15) is 5.76 Å². The summed E-state index contributed by atoms with van der Waals surface area (Å²) in [4.78, 5) is 17.2. The van der Waals surface area contributed by atoms with E-state index in [2.05, 4.69) is 15.4 Å². The summed E-state index contributed by atoms with van der Waals surface area (Å²) in [6.07, 6.45) is 5.69. The number of nitrogens with zero attached hydrogens (tertiary/aromatic N) is 3. The van der Waals surface area contributed by atoms with E-state index in [4.69, 9.17) is 14.0 Å². The van der Waals surface area contributed by atoms with E-state index in [1.165, 1.54) is 12.8 Å². The van der Waals surface area contributed by atoms with Crippen molar-refractivity contribution >= 4 is 11.7 Å². The molecule has 0 spiro atoms. The van der Waals surface area contributed by atoms with E-state index in [1.54, 1.807) is 7.11 Å². The Kier molecular flexibility index (Phi) is 7.19. The van der Waals surface area contributed by atoms with Crippen LogP contribution in [0.2, 0.25) is 0 Å². The minimum absolute atomic E-state index is 0.0822. The topological polar surface area (TPSA) is 80.1 Å². The molecule has 2 aliphatic rings. The number of nitrogens with one attached hydrogen (secondary N) is 1. The number of carbonyl (C=O) groups is 1. The van der Waals surface area contributed by atoms with Crippen molar-refractivity contribution < 1.29 is 18.8 Å². The smallest absolute Gasteiger partial charge is 0.321 e. The number of aryl methyl sites for hydroxylation is 2. The first-order valence-corrected chi connectivity index (χ1v) is 11.6. The highest BCUT2D eigenvalue weighted by Crippen LogP contribution is 2.34. The molecule has 1 aromatic heterocycles. The zero-order valence-electron chi connectivity index (χ0n) is 19.4. The van der Waals surface area contributed by atoms with Crippen LogP contribution in [0, 0.1) is 13.8 Å². The van der Waals surface area contributed by atoms with Crippen molar-refractivity contribution in [3.8, 4) is 11.5 Å². The molecule has 1 saturated heterocycles. The van der Waals surface area contributed by atoms with E-state index >= 15 is 0 Å². The lowest BCUT2D eigenvalue weighted by Gasteiger charge is -2.23. The maximum atomic E-state index is 13.0. The Bertz CT molecular complexity index is 903. The number of ether oxygens (including phenoxy) is 2. The van der Waals surface area contributed by atoms with Gasteiger partial charge in [-0.15, -0.1) is 0 Å². The van der Waals surface area contributed by atoms with Crippen LogP contribution in [-0.4, -0.2) is 60.4 Å². The van der Waals surface area contributed by atoms with Gasteiger partial charge in [0.15, 0.2) is 11.5 Å². The molecule has 0 atom stereocenters. The predicted octanol–water partition coefficient (Wildman–Crippen LogP) is 4.36. The van der Waals surface area contributed by atoms with Gasteiger partial charge in [-0.3, -0.25) is 4.90 Å². The molecule has 1 aliphatic heterocycles. The maximum absolute atomic E-state index is 13.0. The molecule has 8 nitrogen and oxygen atoms in total. The molecule has 8 heteroatoms. The lowest BCUT2D eigenvalue weighted by atomic mass is 10.2. The molecule has 4 rings (SSSR count). The van der Waals surface area contributed by atoms with Crippen molar-refractivity contribution in [3.05, 3.63) is 35.2 Å². The first-order chi connectivity index (χ1) is 15.5. The third-order valence-corrected chi connectivity index (χ3v) is 6.45. The Balaban J connectivity index is 1.35. The molecule has 0 bridgehead atoms. The summed E-state index contributed by atoms with van der Waals surface area (Å²) in [6.45, 7) is 7.89. The van der Waals surface area contributed by atoms with Gasteiger partial charge < -0.3 is 24.2 Å². The summed E-state index contributed by atoms with van der Waals surface area (Å²) >= 11 is 0. The van der Waals surface area contributed by atoms with Gasteiger partial charge in [-0.2, -0.15) is 0 Å². The largest absolute Gasteiger partial charge is 0.493 e. The number of methoxy groups -OCH3 is 1. The first kappa shape index (κ1) is 22.5. The predicted molar refractivity (Wildman–Crippen MR) is 122 cm³/mol. The van der Waals surface area contributed by atoms with E-state index in [9.17, 15) is 4.79 Å². The standard InChI is InChI=1S/C24H34N4O4/c1-17-21(18(2)32-26-17)16-27-11-6-12-28(14-13-27)24(29)25-19-9-10-22(30-3)23(15-19)31-20-7-4-5-8-20/h9-10,15,20H,4-8,11-14,16H2,1-3H3,(H,25,29). The number of aromatic nitrogens is 1. The van der Waals surface area contributed by atoms with E-state index in [1.807, 2.05) is 36.9 Å². The van der Waals surface area contributed by atoms with E-state index in [0.29, 0.717) is 18.0 Å². The fourth-order valence-corrected chi connectivity index (χ4v) is 4.52. The molecule has 174 valence electrons. The number of anilines is 1. The number of carbonyl (C=O) groups excluding carboxylic acids is 1. The number of amides is 2. The van der Waals surface area contributed by atoms with Gasteiger partial charge in [-0.1, -0.05) is 5.16 Å². The van der Waals surface area contributed by atoms with Crippen LogP contribution in [-0.2, 0) is 6.54 Å². The summed E-state index contributed by atoms with van der Waals surface area (Å²) in [5, 5.41) is 7.09. The number of urea groups is 1. The Morgan fingerprint density at radius 3 is 2.66 bits per heavy atom. The molecule has 2 fully saturated rings. The molecule has 0 unspecified atom stereocenters. The van der Waals surface area contributed by atoms with Gasteiger partial charge in [0.2, 0.25) is 0 Å². The third kappa shape index (κ3) is 5.35. The second-order valence-electron chi connectivity index (χ2n) is 8.74. The minimum Gasteiger partial charge on any atom is -0.493 e. The van der Waals surface area contributed by atoms with Crippen molar-refractivity contribution in [2.45, 2.75) is 58.6 Å². The summed E-state index contributed by atoms with van der Waals surface area (Å²) < 4.78 is 16.9. The van der Waals surface area contributed by atoms with Crippen molar-refractivity contribution in [1.29, 1.82) is 0 Å². The van der Waals surface area contributed by atoms with Gasteiger partial charge in [0.05, 0.1) is 18.9 Å². The van der Waals surface area contributed by atoms with Gasteiger partial charge in [-0.25, -0.2) is 4.79 Å². The normalized spacial score (nSPS) is 17.9. The third-order valence-electron chi connectivity index (χ3n) is 6.45. The average molecular weight is 443 g/mol. The summed E-state index contributed by atoms with van der Waals surface area (Å²) in [6, 6.07) is 5.51. The van der Waals surface area contributed by atoms with Crippen LogP contribution >= 0.6 is 0 Å². The quantitative estimate of drug-likeness (QED) is 0.716. The van der Waals surface area contributed by atoms with Crippen LogP contribution in [0.1, 0.15) is 49.1 Å². The Labute approximate surface area is 189 Å². The highest BCUT2D eigenvalue weighted by Gasteiger charge is 2.22. The second-order valence-corrected chi connectivity index (χ2v) is 8.74. The Morgan fingerprint density at radius 1 is 1.12 bits per heavy atom. The molecule has 1 N–H and O–H groups in total. The fourth-order valence-electron chi connectivity index (χ4n) is 4.52. The van der Waals surface area contributed by atoms with Gasteiger partial charge >= 0.3 is 6.03 Å². The molecule has 1 aromatic carbocycles. The van der Waals surface area contributed by atoms with Crippen LogP contribution in [0.25, 0.3) is 0 Å². The van der Waals surface area contributed by atoms with Crippen molar-refractivity contribution in [2.75, 3.05) is 38.6 Å². The maximum Gasteiger partial charge on any atom is 0.321 e. The lowest BCUT2D eigenvalue weighted by Crippen LogP contribution is -2.38. The molecule has 0 radical (unpaired) electrons. The second kappa shape index (κ2) is 10.3. The van der Waals surface area contributed by atoms with E-state index < -0.39 is 0 Å². The SMILES string of the molecule is COc1ccc(NC(=O)N2CCCN(Cc3c(C)noc3C)CC2)cc1OC1CCCC1. The molecule has 1 saturated carbocycles. The van der Waals surface area contributed by atoms with Crippen molar-refractivity contribution in [2.24, 2.45) is 0 Å². The molecular formula is C24H34N4O4. The summed E-state index contributed by atoms with van der Waals surface area (Å²) in [5.41, 5.74) is 2.81. The van der Waals surface area contributed by atoms with E-state index in [-0.39, 0.29) is 12.1 Å². The van der Waals surface area contributed by atoms with Gasteiger partial charge in [0.25, 0.3) is 0 Å². The molecule has 2 aromatic rings. The van der Waals surface area contributed by atoms with Crippen LogP contribution in [0.5, 0.6) is 11.5 Å². The average Bonchev–Trinajstić information content (AvgIpc) is 3.32. The summed E-state index contributed by atoms with van der Waals surface area (Å²) in [7, 11) is 1.64. The Morgan fingerprint density at radius 2 is 1.94 bits per heavy atom. The fraction of sp³-hybridized carbons (Fsp3) is 0.583. The molecule has 32 heavy (non-hydrogen) atoms. The summed E-state index contributed by atoms with van der Waals surface area (Å²) in [5.74, 6) is 2.26. The minimum atomic E-state index is -0.0822. The highest BCUT2D eigenvalue weighted by atomic mass is 16.5. The first-order valence-electron chi connectivity index (χ1n) is 11.6. The highest BCUT2D eigenvalue weighted by molar-refractivity contribution is 5.89. The number of hydrogen-bond donors (Lipinski definition) is 1. The molecule has 1 aliphatic carbocycles.